The van der Waals surface area contributed by atoms with Crippen molar-refractivity contribution in [2.45, 2.75) is 231 Å². The molecule has 0 heterocycles. The van der Waals surface area contributed by atoms with E-state index in [-0.39, 0.29) is 98.6 Å². The Morgan fingerprint density at radius 3 is 1.58 bits per heavy atom. The van der Waals surface area contributed by atoms with Crippen LogP contribution in [-0.4, -0.2) is 168 Å². The Bertz CT molecular complexity index is 3020. The van der Waals surface area contributed by atoms with Gasteiger partial charge in [0.15, 0.2) is 23.1 Å². The quantitative estimate of drug-likeness (QED) is 0.0463. The van der Waals surface area contributed by atoms with Gasteiger partial charge in [-0.25, -0.2) is 0 Å². The van der Waals surface area contributed by atoms with Gasteiger partial charge in [-0.15, -0.1) is 0 Å². The molecule has 0 fully saturated rings. The molecule has 1 unspecified atom stereocenters. The van der Waals surface area contributed by atoms with E-state index in [9.17, 15) is 52.7 Å². The number of hydrogen-bond acceptors (Lipinski definition) is 14. The number of carbonyl (C=O) groups is 12. The molecule has 2 aromatic rings. The van der Waals surface area contributed by atoms with Crippen LogP contribution < -0.4 is 10.6 Å². The molecule has 0 saturated carbocycles. The van der Waals surface area contributed by atoms with E-state index in [0.717, 1.165) is 22.3 Å². The average molecular weight is 1350 g/mol. The highest BCUT2D eigenvalue weighted by Gasteiger charge is 2.43. The lowest BCUT2D eigenvalue weighted by Crippen LogP contribution is -2.53. The molecule has 20 heteroatoms. The highest BCUT2D eigenvalue weighted by Crippen LogP contribution is 2.45. The molecule has 0 aliphatic heterocycles. The predicted molar refractivity (Wildman–Crippen MR) is 377 cm³/mol. The van der Waals surface area contributed by atoms with Crippen LogP contribution in [0.5, 0.6) is 0 Å². The predicted octanol–water partition coefficient (Wildman–Crippen LogP) is 10.8. The lowest BCUT2D eigenvalue weighted by molar-refractivity contribution is -0.158. The molecule has 0 aromatic heterocycles. The number of rotatable bonds is 42. The maximum atomic E-state index is 15.0. The molecule has 1 aliphatic rings. The number of carbonyl (C=O) groups excluding carboxylic acids is 12. The standard InChI is InChI=1S/C77H118N6O14/c1-22-24-30-50(13)72(97-54(17)85)61(74(92)79-63(23-2)66(86)35-29-36-80(18)53(16)84)42-69(89)71(49(11)12)83(21)76(94)55(37-45(3)4)41-68(88)65(39-47(7)8)81(19)75(93)52(15)78-73(91)51(14)40-67(87)64(38-46(5)6)82(20)77(95)60(48(9)10)43-70(90)96-44-62-58-33-27-25-31-56(58)57-32-26-28-34-59(57)62/h22,24-28,31-34,45-52,55,60-65,71-72H,23,29-30,35-44H2,1-21H3,(H,78,91)(H,79,92)/b24-22+/t50-,51-,52-,55-,60+,61+,63+,64+,65+,71?,72-/m1/s1. The lowest BCUT2D eigenvalue weighted by Gasteiger charge is -2.36. The van der Waals surface area contributed by atoms with Crippen LogP contribution in [-0.2, 0) is 67.0 Å². The Hall–Kier alpha value is -7.38. The highest BCUT2D eigenvalue weighted by molar-refractivity contribution is 5.98. The smallest absolute Gasteiger partial charge is 0.306 e. The maximum absolute atomic E-state index is 15.0. The molecule has 0 radical (unpaired) electrons. The zero-order chi connectivity index (χ0) is 73.5. The van der Waals surface area contributed by atoms with Crippen LogP contribution in [0, 0.1) is 59.2 Å². The number of Topliss-reactive ketones (excluding diaryl/α,β-unsaturated/α-hetero) is 4. The fraction of sp³-hybridized carbons (Fsp3) is 0.662. The zero-order valence-electron chi connectivity index (χ0n) is 62.3. The van der Waals surface area contributed by atoms with Crippen LogP contribution in [0.25, 0.3) is 11.1 Å². The number of esters is 2. The Morgan fingerprint density at radius 2 is 1.09 bits per heavy atom. The van der Waals surface area contributed by atoms with Crippen molar-refractivity contribution < 1.29 is 67.0 Å². The van der Waals surface area contributed by atoms with Crippen LogP contribution >= 0.6 is 0 Å². The molecule has 0 saturated heterocycles. The minimum absolute atomic E-state index is 0.0326. The number of ether oxygens (including phenoxy) is 2. The van der Waals surface area contributed by atoms with Gasteiger partial charge < -0.3 is 39.7 Å². The van der Waals surface area contributed by atoms with Gasteiger partial charge in [-0.05, 0) is 110 Å². The van der Waals surface area contributed by atoms with E-state index in [2.05, 4.69) is 22.8 Å². The third kappa shape index (κ3) is 24.8. The van der Waals surface area contributed by atoms with E-state index < -0.39 is 131 Å². The molecule has 0 spiro atoms. The second kappa shape index (κ2) is 39.9. The molecular formula is C77H118N6O14. The summed E-state index contributed by atoms with van der Waals surface area (Å²) in [5.74, 6) is -11.3. The molecule has 2 aromatic carbocycles. The third-order valence-corrected chi connectivity index (χ3v) is 18.9. The number of likely N-dealkylation sites (N-methyl/N-ethyl adjacent to an activating group) is 3. The number of benzene rings is 2. The van der Waals surface area contributed by atoms with Crippen molar-refractivity contribution >= 4 is 70.5 Å². The van der Waals surface area contributed by atoms with Gasteiger partial charge >= 0.3 is 11.9 Å². The molecule has 1 aliphatic carbocycles. The monoisotopic (exact) mass is 1350 g/mol. The summed E-state index contributed by atoms with van der Waals surface area (Å²) < 4.78 is 11.8. The van der Waals surface area contributed by atoms with Crippen molar-refractivity contribution in [1.82, 2.24) is 30.2 Å². The first kappa shape index (κ1) is 83.8. The summed E-state index contributed by atoms with van der Waals surface area (Å²) in [7, 11) is 6.16. The van der Waals surface area contributed by atoms with Crippen LogP contribution in [0.15, 0.2) is 60.7 Å². The number of amides is 6. The number of fused-ring (bicyclic) bond motifs is 3. The Morgan fingerprint density at radius 1 is 0.567 bits per heavy atom. The van der Waals surface area contributed by atoms with Crippen molar-refractivity contribution in [3.05, 3.63) is 71.8 Å². The minimum Gasteiger partial charge on any atom is -0.465 e. The topological polar surface area (TPSA) is 260 Å². The molecule has 97 heavy (non-hydrogen) atoms. The van der Waals surface area contributed by atoms with Crippen molar-refractivity contribution in [2.24, 2.45) is 59.2 Å². The van der Waals surface area contributed by atoms with E-state index in [1.165, 1.54) is 54.5 Å². The molecule has 20 nitrogen and oxygen atoms in total. The van der Waals surface area contributed by atoms with E-state index >= 15 is 4.79 Å². The number of nitrogens with one attached hydrogen (secondary N) is 2. The van der Waals surface area contributed by atoms with Crippen molar-refractivity contribution in [3.8, 4) is 11.1 Å². The first-order chi connectivity index (χ1) is 45.4. The molecule has 3 rings (SSSR count). The molecule has 6 amide bonds. The van der Waals surface area contributed by atoms with Gasteiger partial charge in [0.05, 0.1) is 42.4 Å². The van der Waals surface area contributed by atoms with E-state index in [4.69, 9.17) is 9.47 Å². The zero-order valence-corrected chi connectivity index (χ0v) is 62.3. The summed E-state index contributed by atoms with van der Waals surface area (Å²) in [5.41, 5.74) is 4.32. The van der Waals surface area contributed by atoms with E-state index in [1.807, 2.05) is 111 Å². The van der Waals surface area contributed by atoms with Crippen molar-refractivity contribution in [2.75, 3.05) is 41.3 Å². The minimum atomic E-state index is -1.28. The Kier molecular flexibility index (Phi) is 34.5. The fourth-order valence-corrected chi connectivity index (χ4v) is 13.3. The molecule has 0 bridgehead atoms. The van der Waals surface area contributed by atoms with Crippen LogP contribution in [0.4, 0.5) is 0 Å². The second-order valence-electron chi connectivity index (χ2n) is 29.2. The molecule has 2 N–H and O–H groups in total. The van der Waals surface area contributed by atoms with Crippen molar-refractivity contribution in [1.29, 1.82) is 0 Å². The summed E-state index contributed by atoms with van der Waals surface area (Å²) in [4.78, 5) is 174. The summed E-state index contributed by atoms with van der Waals surface area (Å²) >= 11 is 0. The van der Waals surface area contributed by atoms with Gasteiger partial charge in [-0.1, -0.05) is 151 Å². The average Bonchev–Trinajstić information content (AvgIpc) is 1.63. The number of nitrogens with zero attached hydrogens (tertiary/aromatic N) is 4. The normalized spacial score (nSPS) is 15.6. The summed E-state index contributed by atoms with van der Waals surface area (Å²) in [6.07, 6.45) is 3.14. The fourth-order valence-electron chi connectivity index (χ4n) is 13.3. The Balaban J connectivity index is 1.82. The van der Waals surface area contributed by atoms with Gasteiger partial charge in [-0.2, -0.15) is 0 Å². The van der Waals surface area contributed by atoms with Crippen LogP contribution in [0.3, 0.4) is 0 Å². The first-order valence-electron chi connectivity index (χ1n) is 35.3. The van der Waals surface area contributed by atoms with E-state index in [0.29, 0.717) is 25.8 Å². The van der Waals surface area contributed by atoms with Crippen LogP contribution in [0.1, 0.15) is 205 Å². The maximum Gasteiger partial charge on any atom is 0.306 e. The van der Waals surface area contributed by atoms with Gasteiger partial charge in [0.25, 0.3) is 0 Å². The van der Waals surface area contributed by atoms with Gasteiger partial charge in [-0.3, -0.25) is 57.5 Å². The Labute approximate surface area is 579 Å². The lowest BCUT2D eigenvalue weighted by atomic mass is 9.82. The number of ketones is 4. The molecule has 540 valence electrons. The summed E-state index contributed by atoms with van der Waals surface area (Å²) in [6, 6.07) is 10.9. The van der Waals surface area contributed by atoms with Crippen LogP contribution in [0.2, 0.25) is 0 Å². The summed E-state index contributed by atoms with van der Waals surface area (Å²) in [5, 5.41) is 5.61. The van der Waals surface area contributed by atoms with E-state index in [1.54, 1.807) is 48.7 Å². The number of hydrogen-bond donors (Lipinski definition) is 2. The molecular weight excluding hydrogens is 1230 g/mol. The first-order valence-corrected chi connectivity index (χ1v) is 35.3. The summed E-state index contributed by atoms with van der Waals surface area (Å²) in [6.45, 7) is 30.2. The third-order valence-electron chi connectivity index (χ3n) is 18.9. The van der Waals surface area contributed by atoms with Gasteiger partial charge in [0, 0.05) is 92.0 Å². The van der Waals surface area contributed by atoms with Crippen molar-refractivity contribution in [3.63, 3.8) is 0 Å². The van der Waals surface area contributed by atoms with Gasteiger partial charge in [0.2, 0.25) is 35.4 Å². The SMILES string of the molecule is C/C=C/C[C@@H](C)[C@@H](OC(C)=O)[C@H](CC(=O)C(C(C)C)N(C)C(=O)[C@@H](CC(=O)[C@H](CC(C)C)N(C)C(=O)[C@@H](C)NC(=O)[C@H](C)CC(=O)[C@H](CC(C)C)N(C)C(=O)[C@@H](CC(=O)OCC1c2ccccc2-c2ccccc21)C(C)C)CC(C)C)C(=O)N[C@@H](CC)C(=O)CCCN(C)C(C)=O. The molecule has 11 atom stereocenters. The van der Waals surface area contributed by atoms with Gasteiger partial charge in [0.1, 0.15) is 18.8 Å². The number of allylic oxidation sites excluding steroid dienone is 2. The largest absolute Gasteiger partial charge is 0.465 e. The highest BCUT2D eigenvalue weighted by atomic mass is 16.5. The second-order valence-corrected chi connectivity index (χ2v) is 29.2.